The van der Waals surface area contributed by atoms with Gasteiger partial charge in [-0.2, -0.15) is 0 Å². The third-order valence-electron chi connectivity index (χ3n) is 3.93. The summed E-state index contributed by atoms with van der Waals surface area (Å²) in [5, 5.41) is 0. The van der Waals surface area contributed by atoms with Crippen LogP contribution in [0.4, 0.5) is 5.69 Å². The molecular formula is C13H16BrN3O. The van der Waals surface area contributed by atoms with Crippen LogP contribution in [0.25, 0.3) is 0 Å². The quantitative estimate of drug-likeness (QED) is 0.864. The molecule has 5 heteroatoms. The van der Waals surface area contributed by atoms with Crippen LogP contribution in [-0.4, -0.2) is 30.8 Å². The number of ether oxygens (including phenoxy) is 1. The predicted molar refractivity (Wildman–Crippen MR) is 75.9 cm³/mol. The molecule has 1 aromatic carbocycles. The van der Waals surface area contributed by atoms with Crippen LogP contribution in [0, 0.1) is 0 Å². The molecule has 1 fully saturated rings. The van der Waals surface area contributed by atoms with Gasteiger partial charge in [0.1, 0.15) is 0 Å². The van der Waals surface area contributed by atoms with Gasteiger partial charge >= 0.3 is 0 Å². The number of benzene rings is 1. The van der Waals surface area contributed by atoms with Gasteiger partial charge in [0.05, 0.1) is 18.2 Å². The first-order chi connectivity index (χ1) is 8.63. The molecule has 0 bridgehead atoms. The average molecular weight is 310 g/mol. The summed E-state index contributed by atoms with van der Waals surface area (Å²) in [5.74, 6) is 0.592. The summed E-state index contributed by atoms with van der Waals surface area (Å²) < 4.78 is 6.80. The van der Waals surface area contributed by atoms with Crippen LogP contribution in [-0.2, 0) is 4.74 Å². The third-order valence-corrected chi connectivity index (χ3v) is 4.46. The second-order valence-electron chi connectivity index (χ2n) is 4.85. The minimum absolute atomic E-state index is 0.0993. The summed E-state index contributed by atoms with van der Waals surface area (Å²) in [7, 11) is 0. The highest BCUT2D eigenvalue weighted by molar-refractivity contribution is 9.10. The Balaban J connectivity index is 2.02. The number of anilines is 1. The van der Waals surface area contributed by atoms with Gasteiger partial charge in [-0.3, -0.25) is 4.99 Å². The average Bonchev–Trinajstić information content (AvgIpc) is 2.88. The molecule has 2 aliphatic rings. The van der Waals surface area contributed by atoms with Gasteiger partial charge in [-0.25, -0.2) is 0 Å². The van der Waals surface area contributed by atoms with E-state index in [4.69, 9.17) is 10.5 Å². The second-order valence-corrected chi connectivity index (χ2v) is 5.77. The van der Waals surface area contributed by atoms with Gasteiger partial charge in [0, 0.05) is 16.8 Å². The number of nitrogens with two attached hydrogens (primary N) is 1. The van der Waals surface area contributed by atoms with Crippen LogP contribution in [0.1, 0.15) is 13.3 Å². The van der Waals surface area contributed by atoms with Crippen molar-refractivity contribution in [2.75, 3.05) is 18.1 Å². The fourth-order valence-electron chi connectivity index (χ4n) is 2.84. The molecule has 1 aromatic rings. The van der Waals surface area contributed by atoms with E-state index >= 15 is 0 Å². The van der Waals surface area contributed by atoms with Crippen molar-refractivity contribution in [2.45, 2.75) is 25.0 Å². The summed E-state index contributed by atoms with van der Waals surface area (Å²) in [6, 6.07) is 8.17. The number of hydrogen-bond acceptors (Lipinski definition) is 4. The fraction of sp³-hybridized carbons (Fsp3) is 0.462. The lowest BCUT2D eigenvalue weighted by Gasteiger charge is -2.38. The minimum atomic E-state index is -0.0993. The number of rotatable bonds is 1. The van der Waals surface area contributed by atoms with Crippen LogP contribution < -0.4 is 10.6 Å². The van der Waals surface area contributed by atoms with Crippen LogP contribution in [0.2, 0.25) is 0 Å². The molecule has 0 aromatic heterocycles. The Hall–Kier alpha value is -1.07. The molecule has 0 amide bonds. The van der Waals surface area contributed by atoms with Crippen molar-refractivity contribution >= 4 is 27.6 Å². The van der Waals surface area contributed by atoms with Gasteiger partial charge in [-0.1, -0.05) is 15.9 Å². The van der Waals surface area contributed by atoms with Crippen molar-refractivity contribution in [2.24, 2.45) is 10.7 Å². The van der Waals surface area contributed by atoms with Crippen molar-refractivity contribution in [3.05, 3.63) is 28.7 Å². The van der Waals surface area contributed by atoms with E-state index in [1.807, 2.05) is 12.1 Å². The number of aliphatic imine (C=N–C) groups is 1. The van der Waals surface area contributed by atoms with Crippen molar-refractivity contribution in [3.8, 4) is 0 Å². The van der Waals surface area contributed by atoms with Crippen molar-refractivity contribution in [1.82, 2.24) is 0 Å². The maximum absolute atomic E-state index is 6.07. The number of hydrogen-bond donors (Lipinski definition) is 1. The Morgan fingerprint density at radius 1 is 1.44 bits per heavy atom. The van der Waals surface area contributed by atoms with Crippen molar-refractivity contribution < 1.29 is 4.74 Å². The summed E-state index contributed by atoms with van der Waals surface area (Å²) in [4.78, 5) is 6.57. The molecule has 2 unspecified atom stereocenters. The summed E-state index contributed by atoms with van der Waals surface area (Å²) >= 11 is 3.45. The van der Waals surface area contributed by atoms with Gasteiger partial charge in [0.2, 0.25) is 0 Å². The standard InChI is InChI=1S/C13H16BrN3O/c1-9-13(6-7-18-9)8-16-12(15)17(13)11-4-2-10(14)3-5-11/h2-5,9H,6-8H2,1H3,(H2,15,16). The molecule has 4 nitrogen and oxygen atoms in total. The largest absolute Gasteiger partial charge is 0.376 e. The van der Waals surface area contributed by atoms with Gasteiger partial charge in [-0.05, 0) is 37.6 Å². The molecule has 3 rings (SSSR count). The van der Waals surface area contributed by atoms with Gasteiger partial charge in [0.25, 0.3) is 0 Å². The van der Waals surface area contributed by atoms with E-state index < -0.39 is 0 Å². The zero-order valence-electron chi connectivity index (χ0n) is 10.3. The minimum Gasteiger partial charge on any atom is -0.376 e. The molecule has 1 saturated heterocycles. The Morgan fingerprint density at radius 2 is 2.17 bits per heavy atom. The fourth-order valence-corrected chi connectivity index (χ4v) is 3.10. The lowest BCUT2D eigenvalue weighted by molar-refractivity contribution is 0.100. The second kappa shape index (κ2) is 4.24. The molecule has 1 spiro atoms. The van der Waals surface area contributed by atoms with E-state index in [1.54, 1.807) is 0 Å². The molecule has 0 radical (unpaired) electrons. The molecule has 96 valence electrons. The number of halogens is 1. The first kappa shape index (κ1) is 12.0. The van der Waals surface area contributed by atoms with E-state index in [9.17, 15) is 0 Å². The molecule has 0 saturated carbocycles. The molecule has 2 aliphatic heterocycles. The van der Waals surface area contributed by atoms with Crippen molar-refractivity contribution in [3.63, 3.8) is 0 Å². The zero-order chi connectivity index (χ0) is 12.8. The Morgan fingerprint density at radius 3 is 2.78 bits per heavy atom. The topological polar surface area (TPSA) is 50.9 Å². The van der Waals surface area contributed by atoms with Crippen LogP contribution >= 0.6 is 15.9 Å². The van der Waals surface area contributed by atoms with E-state index in [0.717, 1.165) is 29.7 Å². The predicted octanol–water partition coefficient (Wildman–Crippen LogP) is 2.13. The normalized spacial score (nSPS) is 31.1. The molecule has 2 heterocycles. The SMILES string of the molecule is CC1OCCC12CN=C(N)N2c1ccc(Br)cc1. The number of guanidine groups is 1. The summed E-state index contributed by atoms with van der Waals surface area (Å²) in [6.45, 7) is 3.60. The van der Waals surface area contributed by atoms with Crippen LogP contribution in [0.3, 0.4) is 0 Å². The van der Waals surface area contributed by atoms with Crippen LogP contribution in [0.15, 0.2) is 33.7 Å². The Kier molecular flexibility index (Phi) is 2.83. The summed E-state index contributed by atoms with van der Waals surface area (Å²) in [5.41, 5.74) is 7.05. The monoisotopic (exact) mass is 309 g/mol. The van der Waals surface area contributed by atoms with Gasteiger partial charge in [0.15, 0.2) is 5.96 Å². The third kappa shape index (κ3) is 1.65. The number of nitrogens with zero attached hydrogens (tertiary/aromatic N) is 2. The highest BCUT2D eigenvalue weighted by atomic mass is 79.9. The van der Waals surface area contributed by atoms with E-state index in [-0.39, 0.29) is 11.6 Å². The zero-order valence-corrected chi connectivity index (χ0v) is 11.9. The molecular weight excluding hydrogens is 294 g/mol. The van der Waals surface area contributed by atoms with E-state index in [2.05, 4.69) is 44.9 Å². The molecule has 18 heavy (non-hydrogen) atoms. The van der Waals surface area contributed by atoms with Crippen molar-refractivity contribution in [1.29, 1.82) is 0 Å². The first-order valence-electron chi connectivity index (χ1n) is 6.11. The highest BCUT2D eigenvalue weighted by Crippen LogP contribution is 2.39. The first-order valence-corrected chi connectivity index (χ1v) is 6.90. The smallest absolute Gasteiger partial charge is 0.196 e. The maximum Gasteiger partial charge on any atom is 0.196 e. The van der Waals surface area contributed by atoms with Gasteiger partial charge in [-0.15, -0.1) is 0 Å². The Bertz CT molecular complexity index is 488. The maximum atomic E-state index is 6.07. The summed E-state index contributed by atoms with van der Waals surface area (Å²) in [6.07, 6.45) is 1.11. The molecule has 2 N–H and O–H groups in total. The Labute approximate surface area is 115 Å². The molecule has 2 atom stereocenters. The van der Waals surface area contributed by atoms with E-state index in [0.29, 0.717) is 5.96 Å². The highest BCUT2D eigenvalue weighted by Gasteiger charge is 2.50. The molecule has 0 aliphatic carbocycles. The van der Waals surface area contributed by atoms with E-state index in [1.165, 1.54) is 0 Å². The lowest BCUT2D eigenvalue weighted by Crippen LogP contribution is -2.56. The lowest BCUT2D eigenvalue weighted by atomic mass is 9.90. The van der Waals surface area contributed by atoms with Gasteiger partial charge < -0.3 is 15.4 Å². The van der Waals surface area contributed by atoms with Crippen LogP contribution in [0.5, 0.6) is 0 Å².